The fourth-order valence-corrected chi connectivity index (χ4v) is 0.937. The molecule has 0 N–H and O–H groups in total. The van der Waals surface area contributed by atoms with Crippen LogP contribution >= 0.6 is 0 Å². The lowest BCUT2D eigenvalue weighted by atomic mass is 10.2. The molecule has 0 saturated heterocycles. The van der Waals surface area contributed by atoms with Crippen LogP contribution in [0.1, 0.15) is 11.4 Å². The van der Waals surface area contributed by atoms with E-state index in [1.165, 1.54) is 0 Å². The molecule has 3 nitrogen and oxygen atoms in total. The largest absolute Gasteiger partial charge is 0.378 e. The van der Waals surface area contributed by atoms with Crippen molar-refractivity contribution in [1.29, 1.82) is 5.26 Å². The van der Waals surface area contributed by atoms with Gasteiger partial charge >= 0.3 is 0 Å². The van der Waals surface area contributed by atoms with Crippen LogP contribution in [0.4, 0.5) is 0 Å². The van der Waals surface area contributed by atoms with Crippen LogP contribution in [0, 0.1) is 11.3 Å². The Labute approximate surface area is 71.6 Å². The third kappa shape index (κ3) is 2.33. The summed E-state index contributed by atoms with van der Waals surface area (Å²) in [6.07, 6.45) is 0.359. The van der Waals surface area contributed by atoms with Gasteiger partial charge in [0, 0.05) is 7.11 Å². The van der Waals surface area contributed by atoms with E-state index < -0.39 is 0 Å². The zero-order valence-electron chi connectivity index (χ0n) is 6.95. The Morgan fingerprint density at radius 3 is 2.92 bits per heavy atom. The maximum Gasteiger partial charge on any atom is 0.0884 e. The summed E-state index contributed by atoms with van der Waals surface area (Å²) in [5.41, 5.74) is 1.66. The van der Waals surface area contributed by atoms with Crippen molar-refractivity contribution in [2.75, 3.05) is 7.11 Å². The Morgan fingerprint density at radius 2 is 2.25 bits per heavy atom. The molecule has 0 fully saturated rings. The van der Waals surface area contributed by atoms with Crippen LogP contribution in [0.2, 0.25) is 0 Å². The summed E-state index contributed by atoms with van der Waals surface area (Å²) in [5.74, 6) is 0. The minimum Gasteiger partial charge on any atom is -0.378 e. The van der Waals surface area contributed by atoms with E-state index >= 15 is 0 Å². The smallest absolute Gasteiger partial charge is 0.0884 e. The molecule has 0 saturated carbocycles. The Balaban J connectivity index is 2.75. The van der Waals surface area contributed by atoms with Crippen LogP contribution in [0.5, 0.6) is 0 Å². The van der Waals surface area contributed by atoms with Gasteiger partial charge in [0.1, 0.15) is 0 Å². The van der Waals surface area contributed by atoms with E-state index in [0.717, 1.165) is 11.4 Å². The molecular formula is C9H10N2O. The highest BCUT2D eigenvalue weighted by atomic mass is 16.5. The van der Waals surface area contributed by atoms with Crippen molar-refractivity contribution in [3.63, 3.8) is 0 Å². The predicted octanol–water partition coefficient (Wildman–Crippen LogP) is 1.29. The van der Waals surface area contributed by atoms with Crippen molar-refractivity contribution in [3.05, 3.63) is 29.6 Å². The van der Waals surface area contributed by atoms with E-state index in [-0.39, 0.29) is 0 Å². The Hall–Kier alpha value is -1.40. The van der Waals surface area contributed by atoms with Gasteiger partial charge in [0.15, 0.2) is 0 Å². The van der Waals surface area contributed by atoms with Crippen LogP contribution in [0.3, 0.4) is 0 Å². The van der Waals surface area contributed by atoms with Gasteiger partial charge in [0.05, 0.1) is 30.5 Å². The zero-order valence-corrected chi connectivity index (χ0v) is 6.95. The molecule has 1 aromatic heterocycles. The molecule has 0 radical (unpaired) electrons. The number of methoxy groups -OCH3 is 1. The number of pyridine rings is 1. The fraction of sp³-hybridized carbons (Fsp3) is 0.333. The molecule has 0 aromatic carbocycles. The van der Waals surface area contributed by atoms with E-state index in [9.17, 15) is 0 Å². The topological polar surface area (TPSA) is 45.9 Å². The van der Waals surface area contributed by atoms with Crippen molar-refractivity contribution >= 4 is 0 Å². The van der Waals surface area contributed by atoms with Crippen molar-refractivity contribution in [2.45, 2.75) is 13.0 Å². The fourth-order valence-electron chi connectivity index (χ4n) is 0.937. The highest BCUT2D eigenvalue weighted by molar-refractivity contribution is 5.13. The predicted molar refractivity (Wildman–Crippen MR) is 44.3 cm³/mol. The molecule has 0 aliphatic carbocycles. The summed E-state index contributed by atoms with van der Waals surface area (Å²) in [4.78, 5) is 4.20. The number of rotatable bonds is 3. The molecular weight excluding hydrogens is 152 g/mol. The minimum absolute atomic E-state index is 0.359. The van der Waals surface area contributed by atoms with Crippen molar-refractivity contribution in [1.82, 2.24) is 4.98 Å². The van der Waals surface area contributed by atoms with Crippen LogP contribution in [-0.2, 0) is 17.8 Å². The molecule has 3 heteroatoms. The van der Waals surface area contributed by atoms with Gasteiger partial charge < -0.3 is 4.74 Å². The molecule has 0 spiro atoms. The van der Waals surface area contributed by atoms with E-state index in [4.69, 9.17) is 10.00 Å². The molecule has 0 aliphatic heterocycles. The zero-order chi connectivity index (χ0) is 8.81. The maximum atomic E-state index is 8.42. The first-order chi connectivity index (χ1) is 5.86. The van der Waals surface area contributed by atoms with Gasteiger partial charge in [0.2, 0.25) is 0 Å². The number of nitriles is 1. The van der Waals surface area contributed by atoms with E-state index in [1.54, 1.807) is 7.11 Å². The van der Waals surface area contributed by atoms with Crippen LogP contribution in [-0.4, -0.2) is 12.1 Å². The molecule has 1 rings (SSSR count). The van der Waals surface area contributed by atoms with E-state index in [0.29, 0.717) is 13.0 Å². The number of hydrogen-bond donors (Lipinski definition) is 0. The summed E-state index contributed by atoms with van der Waals surface area (Å²) in [6, 6.07) is 7.65. The van der Waals surface area contributed by atoms with Gasteiger partial charge in [-0.15, -0.1) is 0 Å². The average Bonchev–Trinajstić information content (AvgIpc) is 2.06. The van der Waals surface area contributed by atoms with Crippen molar-refractivity contribution in [3.8, 4) is 6.07 Å². The van der Waals surface area contributed by atoms with Crippen molar-refractivity contribution < 1.29 is 4.74 Å². The minimum atomic E-state index is 0.359. The Bertz CT molecular complexity index is 291. The van der Waals surface area contributed by atoms with E-state index in [1.807, 2.05) is 24.3 Å². The lowest BCUT2D eigenvalue weighted by Gasteiger charge is -1.99. The lowest BCUT2D eigenvalue weighted by Crippen LogP contribution is -1.95. The molecule has 0 unspecified atom stereocenters. The number of ether oxygens (including phenoxy) is 1. The summed E-state index contributed by atoms with van der Waals surface area (Å²) in [5, 5.41) is 8.42. The molecule has 0 atom stereocenters. The van der Waals surface area contributed by atoms with Crippen molar-refractivity contribution in [2.24, 2.45) is 0 Å². The summed E-state index contributed by atoms with van der Waals surface area (Å²) < 4.78 is 4.92. The van der Waals surface area contributed by atoms with Gasteiger partial charge in [-0.3, -0.25) is 4.98 Å². The van der Waals surface area contributed by atoms with Crippen LogP contribution < -0.4 is 0 Å². The lowest BCUT2D eigenvalue weighted by molar-refractivity contribution is 0.181. The van der Waals surface area contributed by atoms with Gasteiger partial charge in [-0.05, 0) is 12.1 Å². The average molecular weight is 162 g/mol. The summed E-state index contributed by atoms with van der Waals surface area (Å²) >= 11 is 0. The second-order valence-corrected chi connectivity index (χ2v) is 2.39. The van der Waals surface area contributed by atoms with Crippen LogP contribution in [0.15, 0.2) is 18.2 Å². The summed E-state index contributed by atoms with van der Waals surface area (Å²) in [7, 11) is 1.62. The highest BCUT2D eigenvalue weighted by Gasteiger charge is 1.95. The second-order valence-electron chi connectivity index (χ2n) is 2.39. The Kier molecular flexibility index (Phi) is 3.24. The third-order valence-corrected chi connectivity index (χ3v) is 1.42. The molecule has 0 bridgehead atoms. The quantitative estimate of drug-likeness (QED) is 0.672. The molecule has 1 aromatic rings. The molecule has 12 heavy (non-hydrogen) atoms. The van der Waals surface area contributed by atoms with Gasteiger partial charge in [-0.1, -0.05) is 6.07 Å². The molecule has 0 amide bonds. The van der Waals surface area contributed by atoms with Gasteiger partial charge in [-0.25, -0.2) is 0 Å². The SMILES string of the molecule is COCc1cccc(CC#N)n1. The second kappa shape index (κ2) is 4.47. The van der Waals surface area contributed by atoms with Crippen LogP contribution in [0.25, 0.3) is 0 Å². The molecule has 62 valence electrons. The maximum absolute atomic E-state index is 8.42. The number of aromatic nitrogens is 1. The number of hydrogen-bond acceptors (Lipinski definition) is 3. The molecule has 0 aliphatic rings. The molecule has 1 heterocycles. The van der Waals surface area contributed by atoms with Gasteiger partial charge in [-0.2, -0.15) is 5.26 Å². The first-order valence-corrected chi connectivity index (χ1v) is 3.67. The summed E-state index contributed by atoms with van der Waals surface area (Å²) in [6.45, 7) is 0.499. The highest BCUT2D eigenvalue weighted by Crippen LogP contribution is 2.00. The first-order valence-electron chi connectivity index (χ1n) is 3.67. The third-order valence-electron chi connectivity index (χ3n) is 1.42. The standard InChI is InChI=1S/C9H10N2O/c1-12-7-9-4-2-3-8(11-9)5-6-10/h2-4H,5,7H2,1H3. The number of nitrogens with zero attached hydrogens (tertiary/aromatic N) is 2. The van der Waals surface area contributed by atoms with E-state index in [2.05, 4.69) is 4.98 Å². The monoisotopic (exact) mass is 162 g/mol. The Morgan fingerprint density at radius 1 is 1.50 bits per heavy atom. The first kappa shape index (κ1) is 8.69. The van der Waals surface area contributed by atoms with Gasteiger partial charge in [0.25, 0.3) is 0 Å². The normalized spacial score (nSPS) is 9.33.